The zero-order chi connectivity index (χ0) is 12.2. The van der Waals surface area contributed by atoms with Crippen LogP contribution in [0.2, 0.25) is 0 Å². The maximum Gasteiger partial charge on any atom is 0.0920 e. The number of rotatable bonds is 5. The van der Waals surface area contributed by atoms with Crippen LogP contribution >= 0.6 is 0 Å². The summed E-state index contributed by atoms with van der Waals surface area (Å²) in [6.45, 7) is 9.18. The van der Waals surface area contributed by atoms with Crippen molar-refractivity contribution in [2.24, 2.45) is 11.1 Å². The molecule has 0 aromatic carbocycles. The Labute approximate surface area is 99.9 Å². The number of amidine groups is 1. The van der Waals surface area contributed by atoms with Gasteiger partial charge in [0.1, 0.15) is 0 Å². The molecule has 0 aromatic rings. The van der Waals surface area contributed by atoms with Gasteiger partial charge in [0.15, 0.2) is 0 Å². The molecule has 16 heavy (non-hydrogen) atoms. The van der Waals surface area contributed by atoms with Gasteiger partial charge in [-0.2, -0.15) is 0 Å². The maximum atomic E-state index is 7.34. The molecule has 0 amide bonds. The summed E-state index contributed by atoms with van der Waals surface area (Å²) in [6, 6.07) is 0.434. The lowest BCUT2D eigenvalue weighted by molar-refractivity contribution is 0.0730. The average molecular weight is 225 g/mol. The predicted molar refractivity (Wildman–Crippen MR) is 69.8 cm³/mol. The summed E-state index contributed by atoms with van der Waals surface area (Å²) in [6.07, 6.45) is 5.94. The Morgan fingerprint density at radius 1 is 1.31 bits per heavy atom. The quantitative estimate of drug-likeness (QED) is 0.558. The SMILES string of the molecule is CCC1(CC)CCN(C(C)CC(=N)N)CC1. The van der Waals surface area contributed by atoms with Crippen LogP contribution in [0.25, 0.3) is 0 Å². The van der Waals surface area contributed by atoms with Gasteiger partial charge in [-0.05, 0) is 38.3 Å². The molecule has 94 valence electrons. The van der Waals surface area contributed by atoms with Gasteiger partial charge in [0.05, 0.1) is 5.84 Å². The second-order valence-corrected chi connectivity index (χ2v) is 5.32. The molecule has 1 fully saturated rings. The third-order valence-electron chi connectivity index (χ3n) is 4.50. The van der Waals surface area contributed by atoms with E-state index < -0.39 is 0 Å². The molecular formula is C13H27N3. The van der Waals surface area contributed by atoms with Crippen molar-refractivity contribution in [2.45, 2.75) is 58.9 Å². The van der Waals surface area contributed by atoms with Crippen LogP contribution in [0.15, 0.2) is 0 Å². The van der Waals surface area contributed by atoms with E-state index in [2.05, 4.69) is 25.7 Å². The van der Waals surface area contributed by atoms with Gasteiger partial charge in [-0.3, -0.25) is 5.41 Å². The lowest BCUT2D eigenvalue weighted by atomic mass is 9.74. The van der Waals surface area contributed by atoms with Gasteiger partial charge in [-0.1, -0.05) is 26.7 Å². The van der Waals surface area contributed by atoms with E-state index in [1.54, 1.807) is 0 Å². The average Bonchev–Trinajstić information content (AvgIpc) is 2.28. The Morgan fingerprint density at radius 2 is 1.81 bits per heavy atom. The minimum atomic E-state index is 0.315. The first-order valence-electron chi connectivity index (χ1n) is 6.60. The molecule has 1 aliphatic heterocycles. The molecule has 0 aromatic heterocycles. The summed E-state index contributed by atoms with van der Waals surface area (Å²) in [5.41, 5.74) is 6.05. The topological polar surface area (TPSA) is 53.1 Å². The lowest BCUT2D eigenvalue weighted by Gasteiger charge is -2.43. The zero-order valence-corrected chi connectivity index (χ0v) is 11.1. The Morgan fingerprint density at radius 3 is 2.19 bits per heavy atom. The van der Waals surface area contributed by atoms with Crippen molar-refractivity contribution in [1.29, 1.82) is 5.41 Å². The Hall–Kier alpha value is -0.570. The number of nitrogens with one attached hydrogen (secondary N) is 1. The van der Waals surface area contributed by atoms with E-state index in [1.807, 2.05) is 0 Å². The molecule has 1 aliphatic rings. The first kappa shape index (κ1) is 13.5. The second kappa shape index (κ2) is 5.67. The summed E-state index contributed by atoms with van der Waals surface area (Å²) >= 11 is 0. The minimum absolute atomic E-state index is 0.315. The van der Waals surface area contributed by atoms with E-state index in [0.29, 0.717) is 23.7 Å². The van der Waals surface area contributed by atoms with Crippen molar-refractivity contribution in [3.63, 3.8) is 0 Å². The van der Waals surface area contributed by atoms with Crippen LogP contribution in [-0.2, 0) is 0 Å². The first-order chi connectivity index (χ1) is 7.53. The molecule has 1 atom stereocenters. The van der Waals surface area contributed by atoms with Gasteiger partial charge in [0.2, 0.25) is 0 Å². The molecule has 0 saturated carbocycles. The molecule has 3 nitrogen and oxygen atoms in total. The van der Waals surface area contributed by atoms with Crippen molar-refractivity contribution in [3.05, 3.63) is 0 Å². The highest BCUT2D eigenvalue weighted by Crippen LogP contribution is 2.38. The highest BCUT2D eigenvalue weighted by molar-refractivity contribution is 5.77. The van der Waals surface area contributed by atoms with E-state index in [0.717, 1.165) is 0 Å². The Balaban J connectivity index is 2.45. The first-order valence-corrected chi connectivity index (χ1v) is 6.60. The molecule has 0 radical (unpaired) electrons. The van der Waals surface area contributed by atoms with E-state index in [-0.39, 0.29) is 0 Å². The molecule has 0 aliphatic carbocycles. The maximum absolute atomic E-state index is 7.34. The zero-order valence-electron chi connectivity index (χ0n) is 11.1. The fourth-order valence-corrected chi connectivity index (χ4v) is 2.84. The molecule has 0 bridgehead atoms. The molecular weight excluding hydrogens is 198 g/mol. The van der Waals surface area contributed by atoms with Crippen molar-refractivity contribution < 1.29 is 0 Å². The third-order valence-corrected chi connectivity index (χ3v) is 4.50. The Bertz CT molecular complexity index is 223. The fourth-order valence-electron chi connectivity index (χ4n) is 2.84. The monoisotopic (exact) mass is 225 g/mol. The second-order valence-electron chi connectivity index (χ2n) is 5.32. The van der Waals surface area contributed by atoms with Gasteiger partial charge < -0.3 is 10.6 Å². The van der Waals surface area contributed by atoms with Crippen LogP contribution in [0.4, 0.5) is 0 Å². The van der Waals surface area contributed by atoms with Crippen molar-refractivity contribution in [2.75, 3.05) is 13.1 Å². The number of nitrogens with zero attached hydrogens (tertiary/aromatic N) is 1. The van der Waals surface area contributed by atoms with Crippen LogP contribution in [0, 0.1) is 10.8 Å². The van der Waals surface area contributed by atoms with Crippen LogP contribution in [-0.4, -0.2) is 29.9 Å². The molecule has 1 unspecified atom stereocenters. The Kier molecular flexibility index (Phi) is 4.78. The molecule has 0 spiro atoms. The molecule has 1 saturated heterocycles. The summed E-state index contributed by atoms with van der Waals surface area (Å²) in [5.74, 6) is 0.315. The standard InChI is InChI=1S/C13H27N3/c1-4-13(5-2)6-8-16(9-7-13)11(3)10-12(14)15/h11H,4-10H2,1-3H3,(H3,14,15). The summed E-state index contributed by atoms with van der Waals surface area (Å²) in [7, 11) is 0. The van der Waals surface area contributed by atoms with Gasteiger partial charge in [-0.15, -0.1) is 0 Å². The summed E-state index contributed by atoms with van der Waals surface area (Å²) in [4.78, 5) is 2.49. The third kappa shape index (κ3) is 3.21. The van der Waals surface area contributed by atoms with E-state index in [1.165, 1.54) is 38.8 Å². The molecule has 3 heteroatoms. The van der Waals surface area contributed by atoms with Crippen molar-refractivity contribution in [1.82, 2.24) is 4.90 Å². The highest BCUT2D eigenvalue weighted by Gasteiger charge is 2.32. The molecule has 3 N–H and O–H groups in total. The number of nitrogens with two attached hydrogens (primary N) is 1. The number of piperidine rings is 1. The minimum Gasteiger partial charge on any atom is -0.388 e. The summed E-state index contributed by atoms with van der Waals surface area (Å²) < 4.78 is 0. The van der Waals surface area contributed by atoms with Gasteiger partial charge in [0, 0.05) is 12.5 Å². The molecule has 1 rings (SSSR count). The van der Waals surface area contributed by atoms with Crippen LogP contribution in [0.5, 0.6) is 0 Å². The number of hydrogen-bond acceptors (Lipinski definition) is 2. The number of likely N-dealkylation sites (tertiary alicyclic amines) is 1. The van der Waals surface area contributed by atoms with E-state index >= 15 is 0 Å². The van der Waals surface area contributed by atoms with E-state index in [9.17, 15) is 0 Å². The van der Waals surface area contributed by atoms with Gasteiger partial charge in [0.25, 0.3) is 0 Å². The van der Waals surface area contributed by atoms with E-state index in [4.69, 9.17) is 11.1 Å². The van der Waals surface area contributed by atoms with Crippen LogP contribution in [0.1, 0.15) is 52.9 Å². The normalized spacial score (nSPS) is 22.9. The fraction of sp³-hybridized carbons (Fsp3) is 0.923. The smallest absolute Gasteiger partial charge is 0.0920 e. The highest BCUT2D eigenvalue weighted by atomic mass is 15.2. The predicted octanol–water partition coefficient (Wildman–Crippen LogP) is 2.60. The number of hydrogen-bond donors (Lipinski definition) is 2. The summed E-state index contributed by atoms with van der Waals surface area (Å²) in [5, 5.41) is 7.34. The van der Waals surface area contributed by atoms with Crippen LogP contribution in [0.3, 0.4) is 0 Å². The van der Waals surface area contributed by atoms with Crippen molar-refractivity contribution >= 4 is 5.84 Å². The van der Waals surface area contributed by atoms with Crippen molar-refractivity contribution in [3.8, 4) is 0 Å². The largest absolute Gasteiger partial charge is 0.388 e. The molecule has 1 heterocycles. The van der Waals surface area contributed by atoms with Gasteiger partial charge >= 0.3 is 0 Å². The van der Waals surface area contributed by atoms with Gasteiger partial charge in [-0.25, -0.2) is 0 Å². The van der Waals surface area contributed by atoms with Crippen LogP contribution < -0.4 is 5.73 Å². The lowest BCUT2D eigenvalue weighted by Crippen LogP contribution is -2.45.